The zero-order valence-corrected chi connectivity index (χ0v) is 19.2. The van der Waals surface area contributed by atoms with Crippen molar-refractivity contribution in [3.63, 3.8) is 0 Å². The van der Waals surface area contributed by atoms with Crippen molar-refractivity contribution in [1.82, 2.24) is 19.3 Å². The van der Waals surface area contributed by atoms with E-state index >= 15 is 0 Å². The monoisotopic (exact) mass is 515 g/mol. The Labute approximate surface area is 206 Å². The minimum absolute atomic E-state index is 0.0158. The molecule has 0 aliphatic carbocycles. The normalized spacial score (nSPS) is 13.3. The number of carbonyl (C=O) groups is 1. The lowest BCUT2D eigenvalue weighted by molar-refractivity contribution is -0.139. The van der Waals surface area contributed by atoms with E-state index in [9.17, 15) is 22.4 Å². The summed E-state index contributed by atoms with van der Waals surface area (Å²) in [5, 5.41) is 5.83. The molecule has 1 amide bonds. The molecule has 0 unspecified atom stereocenters. The van der Waals surface area contributed by atoms with E-state index in [0.29, 0.717) is 23.5 Å². The third-order valence-corrected chi connectivity index (χ3v) is 6.06. The van der Waals surface area contributed by atoms with E-state index in [0.717, 1.165) is 48.6 Å². The van der Waals surface area contributed by atoms with E-state index in [1.54, 1.807) is 24.3 Å². The lowest BCUT2D eigenvalue weighted by Crippen LogP contribution is -2.37. The summed E-state index contributed by atoms with van der Waals surface area (Å²) in [6.45, 7) is 1.93. The number of aromatic nitrogens is 4. The van der Waals surface area contributed by atoms with Gasteiger partial charge in [0.2, 0.25) is 5.13 Å². The number of hydrogen-bond acceptors (Lipinski definition) is 8. The smallest absolute Gasteiger partial charge is 0.356 e. The second-order valence-corrected chi connectivity index (χ2v) is 8.63. The second-order valence-electron chi connectivity index (χ2n) is 7.87. The first kappa shape index (κ1) is 23.6. The summed E-state index contributed by atoms with van der Waals surface area (Å²) in [6.07, 6.45) is -2.22. The molecule has 5 rings (SSSR count). The number of alkyl halides is 3. The van der Waals surface area contributed by atoms with Gasteiger partial charge in [0.15, 0.2) is 5.82 Å². The predicted molar refractivity (Wildman–Crippen MR) is 127 cm³/mol. The first-order valence-electron chi connectivity index (χ1n) is 10.7. The number of nitrogens with zero attached hydrogens (tertiary/aromatic N) is 5. The maximum absolute atomic E-state index is 13.5. The number of nitrogens with one attached hydrogen (secondary N) is 2. The summed E-state index contributed by atoms with van der Waals surface area (Å²) in [5.41, 5.74) is -0.372. The van der Waals surface area contributed by atoms with Crippen molar-refractivity contribution in [2.24, 2.45) is 0 Å². The van der Waals surface area contributed by atoms with Crippen molar-refractivity contribution in [1.29, 1.82) is 0 Å². The van der Waals surface area contributed by atoms with Crippen LogP contribution in [0.3, 0.4) is 0 Å². The van der Waals surface area contributed by atoms with E-state index in [1.165, 1.54) is 6.33 Å². The molecule has 0 saturated carbocycles. The number of rotatable bonds is 6. The van der Waals surface area contributed by atoms with Crippen LogP contribution in [0.4, 0.5) is 40.0 Å². The molecule has 2 aromatic heterocycles. The van der Waals surface area contributed by atoms with E-state index < -0.39 is 23.5 Å². The summed E-state index contributed by atoms with van der Waals surface area (Å²) in [4.78, 5) is 27.3. The molecule has 0 spiro atoms. The maximum atomic E-state index is 13.5. The SMILES string of the molecule is O=C(Nc1nc(-c2ccc(F)c(C(F)(F)F)c2)ns1)c1ccc(Nc2cc(N3CCC3)ncn2)cc1. The van der Waals surface area contributed by atoms with Gasteiger partial charge in [0.1, 0.15) is 23.8 Å². The highest BCUT2D eigenvalue weighted by molar-refractivity contribution is 7.10. The van der Waals surface area contributed by atoms with Crippen LogP contribution in [0, 0.1) is 5.82 Å². The fraction of sp³-hybridized carbons (Fsp3) is 0.174. The van der Waals surface area contributed by atoms with Gasteiger partial charge in [-0.25, -0.2) is 14.4 Å². The van der Waals surface area contributed by atoms with Crippen LogP contribution < -0.4 is 15.5 Å². The fourth-order valence-corrected chi connectivity index (χ4v) is 4.01. The molecule has 4 aromatic rings. The Bertz CT molecular complexity index is 1400. The number of anilines is 4. The fourth-order valence-electron chi connectivity index (χ4n) is 3.43. The molecule has 1 fully saturated rings. The summed E-state index contributed by atoms with van der Waals surface area (Å²) < 4.78 is 56.4. The van der Waals surface area contributed by atoms with Crippen LogP contribution in [-0.2, 0) is 6.18 Å². The molecule has 1 saturated heterocycles. The molecule has 36 heavy (non-hydrogen) atoms. The van der Waals surface area contributed by atoms with Crippen molar-refractivity contribution in [3.05, 3.63) is 71.8 Å². The average molecular weight is 515 g/mol. The maximum Gasteiger partial charge on any atom is 0.419 e. The number of benzene rings is 2. The van der Waals surface area contributed by atoms with Crippen molar-refractivity contribution < 1.29 is 22.4 Å². The largest absolute Gasteiger partial charge is 0.419 e. The Morgan fingerprint density at radius 3 is 2.50 bits per heavy atom. The molecule has 2 N–H and O–H groups in total. The van der Waals surface area contributed by atoms with E-state index in [1.807, 2.05) is 6.07 Å². The molecule has 1 aliphatic rings. The predicted octanol–water partition coefficient (Wildman–Crippen LogP) is 5.36. The van der Waals surface area contributed by atoms with Gasteiger partial charge in [0, 0.05) is 47.5 Å². The van der Waals surface area contributed by atoms with Gasteiger partial charge < -0.3 is 10.2 Å². The van der Waals surface area contributed by atoms with Crippen LogP contribution in [0.1, 0.15) is 22.3 Å². The summed E-state index contributed by atoms with van der Waals surface area (Å²) in [6, 6.07) is 11.0. The quantitative estimate of drug-likeness (QED) is 0.334. The topological polar surface area (TPSA) is 95.9 Å². The first-order chi connectivity index (χ1) is 17.3. The number of hydrogen-bond donors (Lipinski definition) is 2. The Morgan fingerprint density at radius 1 is 1.03 bits per heavy atom. The van der Waals surface area contributed by atoms with Crippen LogP contribution in [0.5, 0.6) is 0 Å². The van der Waals surface area contributed by atoms with Gasteiger partial charge in [0.25, 0.3) is 5.91 Å². The molecule has 1 aliphatic heterocycles. The molecule has 2 aromatic carbocycles. The molecule has 0 radical (unpaired) electrons. The zero-order valence-electron chi connectivity index (χ0n) is 18.4. The summed E-state index contributed by atoms with van der Waals surface area (Å²) >= 11 is 0.801. The third kappa shape index (κ3) is 5.10. The van der Waals surface area contributed by atoms with Gasteiger partial charge >= 0.3 is 6.18 Å². The highest BCUT2D eigenvalue weighted by atomic mass is 32.1. The average Bonchev–Trinajstić information content (AvgIpc) is 3.26. The van der Waals surface area contributed by atoms with Crippen molar-refractivity contribution in [2.45, 2.75) is 12.6 Å². The Balaban J connectivity index is 1.24. The Hall–Kier alpha value is -4.13. The molecular weight excluding hydrogens is 498 g/mol. The van der Waals surface area contributed by atoms with Crippen LogP contribution in [0.15, 0.2) is 54.9 Å². The van der Waals surface area contributed by atoms with E-state index in [2.05, 4.69) is 34.9 Å². The van der Waals surface area contributed by atoms with Gasteiger partial charge in [0.05, 0.1) is 5.56 Å². The lowest BCUT2D eigenvalue weighted by Gasteiger charge is -2.31. The molecule has 13 heteroatoms. The Kier molecular flexibility index (Phi) is 6.22. The lowest BCUT2D eigenvalue weighted by atomic mass is 10.1. The van der Waals surface area contributed by atoms with Gasteiger partial charge in [-0.1, -0.05) is 0 Å². The van der Waals surface area contributed by atoms with Crippen LogP contribution in [-0.4, -0.2) is 38.3 Å². The zero-order chi connectivity index (χ0) is 25.3. The minimum atomic E-state index is -4.85. The van der Waals surface area contributed by atoms with Gasteiger partial charge in [-0.05, 0) is 48.9 Å². The van der Waals surface area contributed by atoms with E-state index in [4.69, 9.17) is 0 Å². The standard InChI is InChI=1S/C23H17F4N7OS/c24-17-7-4-14(10-16(17)23(25,26)27)20-31-22(36-33-20)32-21(35)13-2-5-15(6-3-13)30-18-11-19(29-12-28-18)34-8-1-9-34/h2-7,10-12H,1,8-9H2,(H,28,29,30)(H,31,32,33,35). The van der Waals surface area contributed by atoms with Crippen LogP contribution >= 0.6 is 11.5 Å². The summed E-state index contributed by atoms with van der Waals surface area (Å²) in [5.74, 6) is -0.435. The second kappa shape index (κ2) is 9.49. The van der Waals surface area contributed by atoms with Crippen LogP contribution in [0.2, 0.25) is 0 Å². The van der Waals surface area contributed by atoms with Gasteiger partial charge in [-0.3, -0.25) is 10.1 Å². The van der Waals surface area contributed by atoms with Crippen LogP contribution in [0.25, 0.3) is 11.4 Å². The Morgan fingerprint density at radius 2 is 1.81 bits per heavy atom. The molecule has 0 atom stereocenters. The van der Waals surface area contributed by atoms with Crippen molar-refractivity contribution in [3.8, 4) is 11.4 Å². The number of amides is 1. The molecular formula is C23H17F4N7OS. The highest BCUT2D eigenvalue weighted by Crippen LogP contribution is 2.34. The summed E-state index contributed by atoms with van der Waals surface area (Å²) in [7, 11) is 0. The number of halogens is 4. The number of carbonyl (C=O) groups excluding carboxylic acids is 1. The highest BCUT2D eigenvalue weighted by Gasteiger charge is 2.34. The molecule has 3 heterocycles. The van der Waals surface area contributed by atoms with Gasteiger partial charge in [-0.15, -0.1) is 0 Å². The van der Waals surface area contributed by atoms with E-state index in [-0.39, 0.29) is 16.5 Å². The first-order valence-corrected chi connectivity index (χ1v) is 11.5. The molecule has 184 valence electrons. The van der Waals surface area contributed by atoms with Crippen molar-refractivity contribution in [2.75, 3.05) is 28.6 Å². The minimum Gasteiger partial charge on any atom is -0.356 e. The molecule has 8 nitrogen and oxygen atoms in total. The third-order valence-electron chi connectivity index (χ3n) is 5.43. The van der Waals surface area contributed by atoms with Crippen molar-refractivity contribution >= 4 is 39.9 Å². The van der Waals surface area contributed by atoms with Gasteiger partial charge in [-0.2, -0.15) is 22.5 Å². The molecule has 0 bridgehead atoms.